The van der Waals surface area contributed by atoms with Gasteiger partial charge in [0.05, 0.1) is 19.2 Å². The molecule has 0 bridgehead atoms. The summed E-state index contributed by atoms with van der Waals surface area (Å²) in [6.07, 6.45) is 1.47. The van der Waals surface area contributed by atoms with Crippen molar-refractivity contribution >= 4 is 34.8 Å². The first-order valence-corrected chi connectivity index (χ1v) is 9.11. The number of benzene rings is 2. The van der Waals surface area contributed by atoms with Gasteiger partial charge < -0.3 is 20.3 Å². The van der Waals surface area contributed by atoms with Gasteiger partial charge in [-0.15, -0.1) is 0 Å². The van der Waals surface area contributed by atoms with Gasteiger partial charge in [-0.1, -0.05) is 0 Å². The Balaban J connectivity index is 1.54. The van der Waals surface area contributed by atoms with Gasteiger partial charge in [-0.3, -0.25) is 9.59 Å². The van der Waals surface area contributed by atoms with Crippen molar-refractivity contribution in [1.29, 1.82) is 0 Å². The molecule has 28 heavy (non-hydrogen) atoms. The van der Waals surface area contributed by atoms with Gasteiger partial charge in [0, 0.05) is 30.0 Å². The number of ether oxygens (including phenoxy) is 1. The molecule has 146 valence electrons. The van der Waals surface area contributed by atoms with Crippen LogP contribution >= 0.6 is 0 Å². The van der Waals surface area contributed by atoms with Gasteiger partial charge >= 0.3 is 5.97 Å². The molecule has 0 unspecified atom stereocenters. The molecule has 0 spiro atoms. The average molecular weight is 381 g/mol. The molecule has 1 aliphatic heterocycles. The second kappa shape index (κ2) is 8.56. The molecule has 1 fully saturated rings. The third kappa shape index (κ3) is 4.49. The van der Waals surface area contributed by atoms with Gasteiger partial charge in [0.15, 0.2) is 0 Å². The third-order valence-electron chi connectivity index (χ3n) is 4.62. The topological polar surface area (TPSA) is 87.7 Å². The monoisotopic (exact) mass is 381 g/mol. The minimum atomic E-state index is -0.397. The van der Waals surface area contributed by atoms with Crippen molar-refractivity contribution < 1.29 is 19.1 Å². The van der Waals surface area contributed by atoms with Crippen LogP contribution in [0, 0.1) is 6.92 Å². The molecule has 1 heterocycles. The molecule has 0 aromatic heterocycles. The number of nitrogens with zero attached hydrogens (tertiary/aromatic N) is 1. The number of nitrogens with one attached hydrogen (secondary N) is 2. The van der Waals surface area contributed by atoms with E-state index in [1.54, 1.807) is 35.2 Å². The Morgan fingerprint density at radius 2 is 1.89 bits per heavy atom. The number of anilines is 3. The summed E-state index contributed by atoms with van der Waals surface area (Å²) in [7, 11) is 1.34. The largest absolute Gasteiger partial charge is 0.465 e. The molecule has 7 nitrogen and oxygen atoms in total. The zero-order valence-corrected chi connectivity index (χ0v) is 16.0. The van der Waals surface area contributed by atoms with E-state index in [4.69, 9.17) is 4.74 Å². The van der Waals surface area contributed by atoms with Gasteiger partial charge in [-0.25, -0.2) is 4.79 Å². The fourth-order valence-electron chi connectivity index (χ4n) is 3.13. The molecular formula is C21H23N3O4. The standard InChI is InChI=1S/C21H23N3O4/c1-14-12-15(21(27)28-2)5-10-18(14)22-13-19(25)23-16-6-8-17(9-7-16)24-11-3-4-20(24)26/h5-10,12,22H,3-4,11,13H2,1-2H3,(H,23,25). The Hall–Kier alpha value is -3.35. The predicted octanol–water partition coefficient (Wildman–Crippen LogP) is 2.96. The first-order chi connectivity index (χ1) is 13.5. The minimum absolute atomic E-state index is 0.0881. The van der Waals surface area contributed by atoms with Crippen LogP contribution in [0.3, 0.4) is 0 Å². The summed E-state index contributed by atoms with van der Waals surface area (Å²) in [6.45, 7) is 2.68. The molecular weight excluding hydrogens is 358 g/mol. The molecule has 1 aliphatic rings. The molecule has 0 aliphatic carbocycles. The Morgan fingerprint density at radius 3 is 2.50 bits per heavy atom. The molecule has 7 heteroatoms. The molecule has 1 saturated heterocycles. The maximum absolute atomic E-state index is 12.2. The summed E-state index contributed by atoms with van der Waals surface area (Å²) in [4.78, 5) is 37.3. The van der Waals surface area contributed by atoms with Crippen LogP contribution in [-0.4, -0.2) is 38.0 Å². The third-order valence-corrected chi connectivity index (χ3v) is 4.62. The van der Waals surface area contributed by atoms with Crippen molar-refractivity contribution in [2.75, 3.05) is 35.7 Å². The quantitative estimate of drug-likeness (QED) is 0.751. The highest BCUT2D eigenvalue weighted by molar-refractivity contribution is 5.97. The van der Waals surface area contributed by atoms with E-state index in [1.165, 1.54) is 7.11 Å². The summed E-state index contributed by atoms with van der Waals surface area (Å²) in [5.41, 5.74) is 3.59. The van der Waals surface area contributed by atoms with Crippen molar-refractivity contribution in [2.24, 2.45) is 0 Å². The van der Waals surface area contributed by atoms with E-state index >= 15 is 0 Å². The fraction of sp³-hybridized carbons (Fsp3) is 0.286. The summed E-state index contributed by atoms with van der Waals surface area (Å²) in [6, 6.07) is 12.4. The van der Waals surface area contributed by atoms with Crippen LogP contribution < -0.4 is 15.5 Å². The second-order valence-electron chi connectivity index (χ2n) is 6.62. The number of methoxy groups -OCH3 is 1. The van der Waals surface area contributed by atoms with Crippen LogP contribution in [0.4, 0.5) is 17.1 Å². The molecule has 0 saturated carbocycles. The molecule has 0 atom stereocenters. The van der Waals surface area contributed by atoms with E-state index < -0.39 is 5.97 Å². The van der Waals surface area contributed by atoms with E-state index in [-0.39, 0.29) is 18.4 Å². The number of hydrogen-bond donors (Lipinski definition) is 2. The van der Waals surface area contributed by atoms with Gasteiger partial charge in [0.1, 0.15) is 0 Å². The molecule has 2 N–H and O–H groups in total. The van der Waals surface area contributed by atoms with Crippen LogP contribution in [0.15, 0.2) is 42.5 Å². The number of esters is 1. The van der Waals surface area contributed by atoms with Crippen molar-refractivity contribution in [3.05, 3.63) is 53.6 Å². The highest BCUT2D eigenvalue weighted by Crippen LogP contribution is 2.23. The molecule has 2 aromatic rings. The number of amides is 2. The lowest BCUT2D eigenvalue weighted by atomic mass is 10.1. The maximum atomic E-state index is 12.2. The number of carbonyl (C=O) groups is 3. The second-order valence-corrected chi connectivity index (χ2v) is 6.62. The van der Waals surface area contributed by atoms with Crippen LogP contribution in [0.1, 0.15) is 28.8 Å². The zero-order valence-electron chi connectivity index (χ0n) is 16.0. The predicted molar refractivity (Wildman–Crippen MR) is 108 cm³/mol. The van der Waals surface area contributed by atoms with Crippen molar-refractivity contribution in [3.63, 3.8) is 0 Å². The van der Waals surface area contributed by atoms with Crippen LogP contribution in [-0.2, 0) is 14.3 Å². The molecule has 0 radical (unpaired) electrons. The van der Waals surface area contributed by atoms with E-state index in [9.17, 15) is 14.4 Å². The van der Waals surface area contributed by atoms with Crippen molar-refractivity contribution in [2.45, 2.75) is 19.8 Å². The normalized spacial score (nSPS) is 13.4. The van der Waals surface area contributed by atoms with Crippen molar-refractivity contribution in [3.8, 4) is 0 Å². The highest BCUT2D eigenvalue weighted by Gasteiger charge is 2.21. The average Bonchev–Trinajstić information content (AvgIpc) is 3.13. The lowest BCUT2D eigenvalue weighted by molar-refractivity contribution is -0.117. The zero-order chi connectivity index (χ0) is 20.1. The van der Waals surface area contributed by atoms with Crippen LogP contribution in [0.25, 0.3) is 0 Å². The van der Waals surface area contributed by atoms with E-state index in [0.717, 1.165) is 29.9 Å². The summed E-state index contributed by atoms with van der Waals surface area (Å²) >= 11 is 0. The Bertz CT molecular complexity index is 893. The maximum Gasteiger partial charge on any atom is 0.337 e. The van der Waals surface area contributed by atoms with Gasteiger partial charge in [0.2, 0.25) is 11.8 Å². The number of aryl methyl sites for hydroxylation is 1. The minimum Gasteiger partial charge on any atom is -0.465 e. The van der Waals surface area contributed by atoms with E-state index in [1.807, 2.05) is 19.1 Å². The van der Waals surface area contributed by atoms with E-state index in [0.29, 0.717) is 17.7 Å². The number of hydrogen-bond acceptors (Lipinski definition) is 5. The Morgan fingerprint density at radius 1 is 1.14 bits per heavy atom. The molecule has 2 aromatic carbocycles. The van der Waals surface area contributed by atoms with Gasteiger partial charge in [0.25, 0.3) is 0 Å². The first-order valence-electron chi connectivity index (χ1n) is 9.11. The lowest BCUT2D eigenvalue weighted by Gasteiger charge is -2.16. The van der Waals surface area contributed by atoms with E-state index in [2.05, 4.69) is 10.6 Å². The van der Waals surface area contributed by atoms with Gasteiger partial charge in [-0.2, -0.15) is 0 Å². The van der Waals surface area contributed by atoms with Crippen molar-refractivity contribution in [1.82, 2.24) is 0 Å². The SMILES string of the molecule is COC(=O)c1ccc(NCC(=O)Nc2ccc(N3CCCC3=O)cc2)c(C)c1. The molecule has 2 amide bonds. The number of carbonyl (C=O) groups excluding carboxylic acids is 3. The lowest BCUT2D eigenvalue weighted by Crippen LogP contribution is -2.24. The Labute approximate surface area is 163 Å². The number of rotatable bonds is 6. The summed E-state index contributed by atoms with van der Waals surface area (Å²) in [5, 5.41) is 5.88. The summed E-state index contributed by atoms with van der Waals surface area (Å²) in [5.74, 6) is -0.456. The van der Waals surface area contributed by atoms with Gasteiger partial charge in [-0.05, 0) is 61.4 Å². The van der Waals surface area contributed by atoms with Crippen LogP contribution in [0.5, 0.6) is 0 Å². The Kier molecular flexibility index (Phi) is 5.93. The summed E-state index contributed by atoms with van der Waals surface area (Å²) < 4.78 is 4.70. The smallest absolute Gasteiger partial charge is 0.337 e. The van der Waals surface area contributed by atoms with Crippen LogP contribution in [0.2, 0.25) is 0 Å². The fourth-order valence-corrected chi connectivity index (χ4v) is 3.13. The first kappa shape index (κ1) is 19.4. The highest BCUT2D eigenvalue weighted by atomic mass is 16.5. The molecule has 3 rings (SSSR count).